The third-order valence-corrected chi connectivity index (χ3v) is 3.77. The van der Waals surface area contributed by atoms with Gasteiger partial charge in [0.2, 0.25) is 12.3 Å². The van der Waals surface area contributed by atoms with Gasteiger partial charge in [0.15, 0.2) is 6.61 Å². The molecule has 1 heterocycles. The van der Waals surface area contributed by atoms with Crippen LogP contribution in [-0.2, 0) is 11.3 Å². The maximum absolute atomic E-state index is 12.4. The van der Waals surface area contributed by atoms with Gasteiger partial charge in [-0.25, -0.2) is 0 Å². The number of amides is 1. The molecule has 0 bridgehead atoms. The largest absolute Gasteiger partial charge is 0.484 e. The van der Waals surface area contributed by atoms with E-state index >= 15 is 0 Å². The van der Waals surface area contributed by atoms with Crippen molar-refractivity contribution in [3.63, 3.8) is 0 Å². The van der Waals surface area contributed by atoms with Crippen molar-refractivity contribution in [2.75, 3.05) is 13.2 Å². The summed E-state index contributed by atoms with van der Waals surface area (Å²) >= 11 is 0. The number of aromatic nitrogens is 2. The van der Waals surface area contributed by atoms with Crippen LogP contribution in [0.5, 0.6) is 5.75 Å². The summed E-state index contributed by atoms with van der Waals surface area (Å²) in [7, 11) is 0. The highest BCUT2D eigenvalue weighted by Crippen LogP contribution is 2.20. The minimum Gasteiger partial charge on any atom is -0.484 e. The molecular weight excluding hydrogens is 318 g/mol. The maximum Gasteiger partial charge on any atom is 0.260 e. The van der Waals surface area contributed by atoms with E-state index in [9.17, 15) is 4.79 Å². The quantitative estimate of drug-likeness (QED) is 0.662. The van der Waals surface area contributed by atoms with Crippen molar-refractivity contribution in [2.24, 2.45) is 0 Å². The van der Waals surface area contributed by atoms with Crippen molar-refractivity contribution in [1.29, 1.82) is 0 Å². The predicted octanol–water partition coefficient (Wildman–Crippen LogP) is 3.16. The minimum absolute atomic E-state index is 0.000573. The molecule has 0 aliphatic carbocycles. The topological polar surface area (TPSA) is 68.5 Å². The van der Waals surface area contributed by atoms with Crippen molar-refractivity contribution in [3.05, 3.63) is 66.6 Å². The molecule has 0 fully saturated rings. The number of ether oxygens (including phenoxy) is 1. The first-order valence-electron chi connectivity index (χ1n) is 8.07. The van der Waals surface area contributed by atoms with E-state index in [0.717, 1.165) is 11.1 Å². The van der Waals surface area contributed by atoms with Crippen LogP contribution in [0.25, 0.3) is 11.5 Å². The molecule has 0 radical (unpaired) electrons. The summed E-state index contributed by atoms with van der Waals surface area (Å²) in [6, 6.07) is 17.1. The lowest BCUT2D eigenvalue weighted by Gasteiger charge is -2.21. The van der Waals surface area contributed by atoms with E-state index in [1.165, 1.54) is 6.39 Å². The first-order chi connectivity index (χ1) is 12.3. The van der Waals surface area contributed by atoms with Crippen LogP contribution in [0.15, 0.2) is 65.4 Å². The Labute approximate surface area is 146 Å². The molecule has 2 aromatic carbocycles. The lowest BCUT2D eigenvalue weighted by Crippen LogP contribution is -2.34. The summed E-state index contributed by atoms with van der Waals surface area (Å²) < 4.78 is 10.7. The lowest BCUT2D eigenvalue weighted by molar-refractivity contribution is -0.133. The molecule has 0 atom stereocenters. The number of hydrogen-bond acceptors (Lipinski definition) is 5. The molecule has 25 heavy (non-hydrogen) atoms. The number of nitrogens with zero attached hydrogens (tertiary/aromatic N) is 3. The zero-order chi connectivity index (χ0) is 17.5. The van der Waals surface area contributed by atoms with Gasteiger partial charge in [0, 0.05) is 18.7 Å². The van der Waals surface area contributed by atoms with Crippen LogP contribution in [0.4, 0.5) is 0 Å². The number of benzene rings is 2. The standard InChI is InChI=1S/C19H19N3O3/c1-2-22(12-15-6-4-3-5-7-15)18(23)13-24-17-10-8-16(9-11-17)19-21-20-14-25-19/h3-11,14H,2,12-13H2,1H3. The number of carbonyl (C=O) groups excluding carboxylic acids is 1. The predicted molar refractivity (Wildman–Crippen MR) is 92.8 cm³/mol. The Balaban J connectivity index is 1.55. The molecule has 0 N–H and O–H groups in total. The second kappa shape index (κ2) is 8.10. The summed E-state index contributed by atoms with van der Waals surface area (Å²) in [6.45, 7) is 3.17. The van der Waals surface area contributed by atoms with Crippen LogP contribution in [0, 0.1) is 0 Å². The molecule has 0 saturated heterocycles. The van der Waals surface area contributed by atoms with Crippen LogP contribution >= 0.6 is 0 Å². The highest BCUT2D eigenvalue weighted by Gasteiger charge is 2.13. The zero-order valence-corrected chi connectivity index (χ0v) is 14.0. The third kappa shape index (κ3) is 4.44. The van der Waals surface area contributed by atoms with Gasteiger partial charge >= 0.3 is 0 Å². The van der Waals surface area contributed by atoms with Gasteiger partial charge in [-0.15, -0.1) is 10.2 Å². The molecule has 3 rings (SSSR count). The van der Waals surface area contributed by atoms with Gasteiger partial charge in [-0.1, -0.05) is 30.3 Å². The summed E-state index contributed by atoms with van der Waals surface area (Å²) in [4.78, 5) is 14.1. The Morgan fingerprint density at radius 3 is 2.52 bits per heavy atom. The van der Waals surface area contributed by atoms with Gasteiger partial charge in [-0.2, -0.15) is 0 Å². The minimum atomic E-state index is -0.0488. The molecule has 0 saturated carbocycles. The molecule has 1 amide bonds. The summed E-state index contributed by atoms with van der Waals surface area (Å²) in [5, 5.41) is 7.49. The molecule has 0 unspecified atom stereocenters. The number of hydrogen-bond donors (Lipinski definition) is 0. The van der Waals surface area contributed by atoms with Crippen molar-refractivity contribution in [3.8, 4) is 17.2 Å². The molecule has 3 aromatic rings. The fourth-order valence-corrected chi connectivity index (χ4v) is 2.41. The Morgan fingerprint density at radius 2 is 1.88 bits per heavy atom. The molecule has 0 aliphatic heterocycles. The summed E-state index contributed by atoms with van der Waals surface area (Å²) in [5.74, 6) is 1.02. The summed E-state index contributed by atoms with van der Waals surface area (Å²) in [6.07, 6.45) is 1.28. The Kier molecular flexibility index (Phi) is 5.41. The van der Waals surface area contributed by atoms with Gasteiger partial charge in [-0.3, -0.25) is 4.79 Å². The van der Waals surface area contributed by atoms with E-state index in [4.69, 9.17) is 9.15 Å². The van der Waals surface area contributed by atoms with Crippen molar-refractivity contribution in [2.45, 2.75) is 13.5 Å². The van der Waals surface area contributed by atoms with Gasteiger partial charge < -0.3 is 14.1 Å². The smallest absolute Gasteiger partial charge is 0.260 e. The molecular formula is C19H19N3O3. The molecule has 0 spiro atoms. The van der Waals surface area contributed by atoms with Crippen molar-refractivity contribution in [1.82, 2.24) is 15.1 Å². The Morgan fingerprint density at radius 1 is 1.12 bits per heavy atom. The molecule has 6 nitrogen and oxygen atoms in total. The first kappa shape index (κ1) is 16.7. The monoisotopic (exact) mass is 337 g/mol. The van der Waals surface area contributed by atoms with Gasteiger partial charge in [0.1, 0.15) is 5.75 Å². The van der Waals surface area contributed by atoms with Gasteiger partial charge in [0.25, 0.3) is 5.91 Å². The summed E-state index contributed by atoms with van der Waals surface area (Å²) in [5.41, 5.74) is 1.90. The second-order valence-corrected chi connectivity index (χ2v) is 5.45. The number of carbonyl (C=O) groups is 1. The Hall–Kier alpha value is -3.15. The first-order valence-corrected chi connectivity index (χ1v) is 8.07. The average Bonchev–Trinajstić information content (AvgIpc) is 3.20. The van der Waals surface area contributed by atoms with E-state index in [0.29, 0.717) is 24.7 Å². The molecule has 6 heteroatoms. The molecule has 1 aromatic heterocycles. The van der Waals surface area contributed by atoms with E-state index in [-0.39, 0.29) is 12.5 Å². The van der Waals surface area contributed by atoms with E-state index in [2.05, 4.69) is 10.2 Å². The fraction of sp³-hybridized carbons (Fsp3) is 0.211. The molecule has 128 valence electrons. The number of likely N-dealkylation sites (N-methyl/N-ethyl adjacent to an activating group) is 1. The molecule has 0 aliphatic rings. The normalized spacial score (nSPS) is 10.4. The van der Waals surface area contributed by atoms with E-state index < -0.39 is 0 Å². The second-order valence-electron chi connectivity index (χ2n) is 5.45. The fourth-order valence-electron chi connectivity index (χ4n) is 2.41. The van der Waals surface area contributed by atoms with Crippen LogP contribution < -0.4 is 4.74 Å². The van der Waals surface area contributed by atoms with Crippen LogP contribution in [0.3, 0.4) is 0 Å². The lowest BCUT2D eigenvalue weighted by atomic mass is 10.2. The Bertz CT molecular complexity index is 787. The van der Waals surface area contributed by atoms with Crippen LogP contribution in [0.1, 0.15) is 12.5 Å². The van der Waals surface area contributed by atoms with Crippen molar-refractivity contribution >= 4 is 5.91 Å². The highest BCUT2D eigenvalue weighted by molar-refractivity contribution is 5.77. The van der Waals surface area contributed by atoms with Crippen LogP contribution in [0.2, 0.25) is 0 Å². The van der Waals surface area contributed by atoms with E-state index in [1.54, 1.807) is 17.0 Å². The number of rotatable bonds is 7. The van der Waals surface area contributed by atoms with Gasteiger partial charge in [-0.05, 0) is 36.8 Å². The highest BCUT2D eigenvalue weighted by atomic mass is 16.5. The van der Waals surface area contributed by atoms with Gasteiger partial charge in [0.05, 0.1) is 0 Å². The zero-order valence-electron chi connectivity index (χ0n) is 14.0. The van der Waals surface area contributed by atoms with E-state index in [1.807, 2.05) is 49.4 Å². The maximum atomic E-state index is 12.4. The third-order valence-electron chi connectivity index (χ3n) is 3.77. The van der Waals surface area contributed by atoms with Crippen molar-refractivity contribution < 1.29 is 13.9 Å². The van der Waals surface area contributed by atoms with Crippen LogP contribution in [-0.4, -0.2) is 34.2 Å². The average molecular weight is 337 g/mol. The SMILES string of the molecule is CCN(Cc1ccccc1)C(=O)COc1ccc(-c2nnco2)cc1.